The number of nitrogens with zero attached hydrogens (tertiary/aromatic N) is 16. The number of piperazine rings is 3. The third-order valence-electron chi connectivity index (χ3n) is 12.9. The van der Waals surface area contributed by atoms with Gasteiger partial charge in [-0.05, 0) is 80.9 Å². The van der Waals surface area contributed by atoms with E-state index < -0.39 is 0 Å². The Kier molecular flexibility index (Phi) is 18.3. The molecule has 0 radical (unpaired) electrons. The topological polar surface area (TPSA) is 304 Å². The van der Waals surface area contributed by atoms with Gasteiger partial charge in [0.1, 0.15) is 16.8 Å². The molecule has 11 rings (SSSR count). The van der Waals surface area contributed by atoms with Crippen LogP contribution >= 0.6 is 27.5 Å². The van der Waals surface area contributed by atoms with Crippen LogP contribution in [-0.4, -0.2) is 128 Å². The third kappa shape index (κ3) is 15.1. The molecule has 0 saturated carbocycles. The van der Waals surface area contributed by atoms with Crippen molar-refractivity contribution in [1.29, 1.82) is 0 Å². The van der Waals surface area contributed by atoms with E-state index in [-0.39, 0.29) is 17.8 Å². The molecule has 5 aromatic heterocycles. The Morgan fingerprint density at radius 3 is 1.19 bits per heavy atom. The summed E-state index contributed by atoms with van der Waals surface area (Å²) in [4.78, 5) is 54.3. The van der Waals surface area contributed by atoms with Gasteiger partial charge in [-0.1, -0.05) is 57.9 Å². The molecule has 0 bridgehead atoms. The molecular weight excluding hydrogens is 1060 g/mol. The Hall–Kier alpha value is -8.57. The molecular formula is C53H64BrClN22. The minimum Gasteiger partial charge on any atom is -0.382 e. The largest absolute Gasteiger partial charge is 0.382 e. The van der Waals surface area contributed by atoms with Crippen LogP contribution in [-0.2, 0) is 0 Å². The Morgan fingerprint density at radius 2 is 0.805 bits per heavy atom. The summed E-state index contributed by atoms with van der Waals surface area (Å²) in [7, 11) is 0. The summed E-state index contributed by atoms with van der Waals surface area (Å²) >= 11 is 9.01. The van der Waals surface area contributed by atoms with Crippen molar-refractivity contribution < 1.29 is 0 Å². The molecule has 0 aliphatic carbocycles. The van der Waals surface area contributed by atoms with Crippen LogP contribution in [0.4, 0.5) is 69.4 Å². The van der Waals surface area contributed by atoms with Crippen molar-refractivity contribution in [1.82, 2.24) is 49.8 Å². The van der Waals surface area contributed by atoms with Gasteiger partial charge < -0.3 is 63.8 Å². The Labute approximate surface area is 461 Å². The molecule has 3 fully saturated rings. The van der Waals surface area contributed by atoms with Crippen LogP contribution in [0.25, 0.3) is 11.3 Å². The zero-order chi connectivity index (χ0) is 54.4. The molecule has 3 aliphatic heterocycles. The van der Waals surface area contributed by atoms with Gasteiger partial charge in [0.15, 0.2) is 17.5 Å². The highest BCUT2D eigenvalue weighted by atomic mass is 79.9. The highest BCUT2D eigenvalue weighted by Gasteiger charge is 2.23. The van der Waals surface area contributed by atoms with Crippen molar-refractivity contribution in [2.45, 2.75) is 20.8 Å². The fourth-order valence-electron chi connectivity index (χ4n) is 8.96. The molecule has 12 N–H and O–H groups in total. The highest BCUT2D eigenvalue weighted by molar-refractivity contribution is 9.10. The van der Waals surface area contributed by atoms with E-state index in [1.165, 1.54) is 22.6 Å². The predicted molar refractivity (Wildman–Crippen MR) is 315 cm³/mol. The molecule has 3 aromatic carbocycles. The second-order valence-electron chi connectivity index (χ2n) is 18.2. The zero-order valence-electron chi connectivity index (χ0n) is 43.3. The SMILES string of the molecule is Cc1cccc(N2CCN(c3cnc(N)nc3N)CC2)c1.Cc1nccc(-c2cccc(N3CCN(c4cnc(N)nc4N)CC3)c2)n1.Cc1nccc(Cl)n1.Nc1ncc(N2CCN(c3cccc(Br)c3)CC2)c(N)n1. The molecule has 3 aliphatic rings. The fourth-order valence-corrected chi connectivity index (χ4v) is 9.53. The molecule has 8 aromatic rings. The first-order valence-corrected chi connectivity index (χ1v) is 26.1. The third-order valence-corrected chi connectivity index (χ3v) is 13.6. The number of benzene rings is 3. The first kappa shape index (κ1) is 54.7. The second kappa shape index (κ2) is 25.8. The van der Waals surface area contributed by atoms with Crippen molar-refractivity contribution in [3.8, 4) is 11.3 Å². The Balaban J connectivity index is 0.000000143. The van der Waals surface area contributed by atoms with Crippen LogP contribution in [0.3, 0.4) is 0 Å². The molecule has 24 heteroatoms. The van der Waals surface area contributed by atoms with E-state index in [9.17, 15) is 0 Å². The average Bonchev–Trinajstić information content (AvgIpc) is 3.42. The van der Waals surface area contributed by atoms with E-state index in [0.717, 1.165) is 117 Å². The van der Waals surface area contributed by atoms with E-state index in [2.05, 4.69) is 169 Å². The van der Waals surface area contributed by atoms with Crippen LogP contribution in [0, 0.1) is 20.8 Å². The van der Waals surface area contributed by atoms with E-state index in [4.69, 9.17) is 46.0 Å². The number of hydrogen-bond donors (Lipinski definition) is 6. The smallest absolute Gasteiger partial charge is 0.222 e. The van der Waals surface area contributed by atoms with Crippen LogP contribution < -0.4 is 63.8 Å². The summed E-state index contributed by atoms with van der Waals surface area (Å²) < 4.78 is 1.10. The lowest BCUT2D eigenvalue weighted by Gasteiger charge is -2.37. The Morgan fingerprint density at radius 1 is 0.416 bits per heavy atom. The van der Waals surface area contributed by atoms with Crippen molar-refractivity contribution >= 4 is 97.0 Å². The van der Waals surface area contributed by atoms with Gasteiger partial charge in [0, 0.05) is 118 Å². The standard InChI is InChI=1S/C19H22N8.C15H20N6.C14H17BrN6.C5H5ClN2/c1-13-22-6-5-16(24-13)14-3-2-4-15(11-14)26-7-9-27(10-8-26)17-12-23-19(21)25-18(17)20;1-11-3-2-4-12(9-11)20-5-7-21(8-6-20)13-10-18-15(17)19-14(13)16;15-10-2-1-3-11(8-10)20-4-6-21(7-5-20)12-9-18-14(17)19-13(12)16;1-4-7-3-2-5(6)8-4/h2-6,11-12H,7-10H2,1H3,(H4,20,21,23,25);2-4,9-10H,5-8H2,1H3,(H4,16,17,18,19);1-3,8-9H,4-7H2,(H4,16,17,18,19);2-3H,1H3. The molecule has 0 spiro atoms. The Bertz CT molecular complexity index is 3090. The van der Waals surface area contributed by atoms with Gasteiger partial charge in [-0.25, -0.2) is 34.9 Å². The van der Waals surface area contributed by atoms with Crippen molar-refractivity contribution in [2.24, 2.45) is 0 Å². The summed E-state index contributed by atoms with van der Waals surface area (Å²) in [5.74, 6) is 3.43. The van der Waals surface area contributed by atoms with Crippen LogP contribution in [0.2, 0.25) is 5.15 Å². The quantitative estimate of drug-likeness (QED) is 0.0971. The fraction of sp³-hybridized carbons (Fsp3) is 0.283. The first-order valence-electron chi connectivity index (χ1n) is 25.0. The first-order chi connectivity index (χ1) is 37.1. The van der Waals surface area contributed by atoms with E-state index in [1.54, 1.807) is 44.0 Å². The minimum absolute atomic E-state index is 0.201. The molecule has 77 heavy (non-hydrogen) atoms. The molecule has 3 saturated heterocycles. The van der Waals surface area contributed by atoms with Gasteiger partial charge >= 0.3 is 0 Å². The van der Waals surface area contributed by atoms with Gasteiger partial charge in [-0.2, -0.15) is 15.0 Å². The number of nitrogens with two attached hydrogens (primary N) is 6. The average molecular weight is 1120 g/mol. The highest BCUT2D eigenvalue weighted by Crippen LogP contribution is 2.29. The molecule has 0 atom stereocenters. The monoisotopic (exact) mass is 1120 g/mol. The van der Waals surface area contributed by atoms with Crippen molar-refractivity contribution in [3.05, 3.63) is 143 Å². The lowest BCUT2D eigenvalue weighted by atomic mass is 10.1. The summed E-state index contributed by atoms with van der Waals surface area (Å²) in [6.07, 6.45) is 8.53. The van der Waals surface area contributed by atoms with Crippen LogP contribution in [0.1, 0.15) is 17.2 Å². The zero-order valence-corrected chi connectivity index (χ0v) is 45.7. The summed E-state index contributed by atoms with van der Waals surface area (Å²) in [6.45, 7) is 16.6. The summed E-state index contributed by atoms with van der Waals surface area (Å²) in [5, 5.41) is 0.498. The van der Waals surface area contributed by atoms with Crippen molar-refractivity contribution in [2.75, 3.05) is 142 Å². The van der Waals surface area contributed by atoms with E-state index >= 15 is 0 Å². The van der Waals surface area contributed by atoms with Gasteiger partial charge in [0.05, 0.1) is 41.3 Å². The minimum atomic E-state index is 0.201. The maximum Gasteiger partial charge on any atom is 0.222 e. The number of halogens is 2. The number of aryl methyl sites for hydroxylation is 3. The van der Waals surface area contributed by atoms with Gasteiger partial charge in [-0.15, -0.1) is 0 Å². The molecule has 8 heterocycles. The van der Waals surface area contributed by atoms with Crippen molar-refractivity contribution in [3.63, 3.8) is 0 Å². The molecule has 0 unspecified atom stereocenters. The van der Waals surface area contributed by atoms with Gasteiger partial charge in [-0.3, -0.25) is 0 Å². The number of rotatable bonds is 7. The lowest BCUT2D eigenvalue weighted by molar-refractivity contribution is 0.652. The van der Waals surface area contributed by atoms with Crippen LogP contribution in [0.15, 0.2) is 120 Å². The van der Waals surface area contributed by atoms with E-state index in [0.29, 0.717) is 28.4 Å². The number of hydrogen-bond acceptors (Lipinski definition) is 22. The molecule has 400 valence electrons. The van der Waals surface area contributed by atoms with Gasteiger partial charge in [0.2, 0.25) is 17.8 Å². The number of aromatic nitrogens is 10. The number of nitrogen functional groups attached to an aromatic ring is 6. The molecule has 22 nitrogen and oxygen atoms in total. The normalized spacial score (nSPS) is 14.4. The maximum atomic E-state index is 6.00. The van der Waals surface area contributed by atoms with E-state index in [1.807, 2.05) is 19.1 Å². The predicted octanol–water partition coefficient (Wildman–Crippen LogP) is 6.18. The maximum absolute atomic E-state index is 6.00. The summed E-state index contributed by atoms with van der Waals surface area (Å²) in [5.41, 5.74) is 44.1. The summed E-state index contributed by atoms with van der Waals surface area (Å²) in [6, 6.07) is 29.0. The number of anilines is 12. The second-order valence-corrected chi connectivity index (χ2v) is 19.5. The van der Waals surface area contributed by atoms with Gasteiger partial charge in [0.25, 0.3) is 0 Å². The molecule has 0 amide bonds. The van der Waals surface area contributed by atoms with Crippen LogP contribution in [0.5, 0.6) is 0 Å². The lowest BCUT2D eigenvalue weighted by Crippen LogP contribution is -2.46.